The molecule has 0 saturated heterocycles. The SMILES string of the molecule is [O]=[Ti]=[O].c1ccc(COCc2ccccc2)cc1. The second kappa shape index (κ2) is 9.71. The van der Waals surface area contributed by atoms with Gasteiger partial charge in [-0.3, -0.25) is 0 Å². The van der Waals surface area contributed by atoms with E-state index in [2.05, 4.69) is 24.3 Å². The zero-order valence-electron chi connectivity index (χ0n) is 9.91. The number of ether oxygens (including phenoxy) is 1. The Morgan fingerprint density at radius 3 is 1.39 bits per heavy atom. The summed E-state index contributed by atoms with van der Waals surface area (Å²) in [4.78, 5) is 0. The molecule has 0 unspecified atom stereocenters. The number of benzene rings is 2. The van der Waals surface area contributed by atoms with E-state index in [1.165, 1.54) is 11.1 Å². The van der Waals surface area contributed by atoms with Gasteiger partial charge in [-0.15, -0.1) is 0 Å². The van der Waals surface area contributed by atoms with E-state index < -0.39 is 19.1 Å². The van der Waals surface area contributed by atoms with E-state index in [-0.39, 0.29) is 0 Å². The van der Waals surface area contributed by atoms with Gasteiger partial charge in [0.25, 0.3) is 0 Å². The minimum atomic E-state index is -2.00. The van der Waals surface area contributed by atoms with E-state index in [1.807, 2.05) is 36.4 Å². The van der Waals surface area contributed by atoms with Crippen LogP contribution in [0.4, 0.5) is 0 Å². The van der Waals surface area contributed by atoms with Gasteiger partial charge < -0.3 is 4.74 Å². The average molecular weight is 278 g/mol. The molecule has 0 heterocycles. The van der Waals surface area contributed by atoms with Gasteiger partial charge in [-0.25, -0.2) is 0 Å². The predicted octanol–water partition coefficient (Wildman–Crippen LogP) is 3.16. The Kier molecular flexibility index (Phi) is 7.97. The summed E-state index contributed by atoms with van der Waals surface area (Å²) in [6, 6.07) is 20.4. The van der Waals surface area contributed by atoms with Gasteiger partial charge in [0.2, 0.25) is 0 Å². The topological polar surface area (TPSA) is 43.4 Å². The Morgan fingerprint density at radius 2 is 1.06 bits per heavy atom. The summed E-state index contributed by atoms with van der Waals surface area (Å²) in [6.07, 6.45) is 0. The molecule has 0 radical (unpaired) electrons. The van der Waals surface area contributed by atoms with Crippen molar-refractivity contribution in [2.75, 3.05) is 0 Å². The molecule has 4 heteroatoms. The van der Waals surface area contributed by atoms with Crippen molar-refractivity contribution in [2.24, 2.45) is 0 Å². The predicted molar refractivity (Wildman–Crippen MR) is 62.8 cm³/mol. The molecule has 0 aliphatic rings. The third kappa shape index (κ3) is 6.45. The van der Waals surface area contributed by atoms with Gasteiger partial charge in [0.15, 0.2) is 0 Å². The molecule has 0 fully saturated rings. The molecule has 0 aromatic heterocycles. The normalized spacial score (nSPS) is 8.89. The maximum atomic E-state index is 8.50. The number of rotatable bonds is 4. The van der Waals surface area contributed by atoms with E-state index >= 15 is 0 Å². The third-order valence-electron chi connectivity index (χ3n) is 2.22. The Hall–Kier alpha value is -1.29. The monoisotopic (exact) mass is 278 g/mol. The largest absolute Gasteiger partial charge is 0.372 e. The van der Waals surface area contributed by atoms with Gasteiger partial charge in [0.1, 0.15) is 0 Å². The van der Waals surface area contributed by atoms with Gasteiger partial charge in [0, 0.05) is 0 Å². The molecule has 2 rings (SSSR count). The van der Waals surface area contributed by atoms with Crippen molar-refractivity contribution in [2.45, 2.75) is 13.2 Å². The molecule has 2 aromatic carbocycles. The van der Waals surface area contributed by atoms with Crippen LogP contribution in [-0.2, 0) is 43.7 Å². The summed E-state index contributed by atoms with van der Waals surface area (Å²) in [5.41, 5.74) is 2.43. The van der Waals surface area contributed by atoms with Crippen molar-refractivity contribution < 1.29 is 30.5 Å². The van der Waals surface area contributed by atoms with Crippen LogP contribution in [0.25, 0.3) is 0 Å². The third-order valence-corrected chi connectivity index (χ3v) is 2.22. The molecule has 0 atom stereocenters. The maximum Gasteiger partial charge on any atom is 0.0721 e. The van der Waals surface area contributed by atoms with Crippen LogP contribution in [0.5, 0.6) is 0 Å². The molecular formula is C14H14O3Ti. The van der Waals surface area contributed by atoms with Crippen LogP contribution in [0.2, 0.25) is 0 Å². The fraction of sp³-hybridized carbons (Fsp3) is 0.143. The molecule has 2 aromatic rings. The summed E-state index contributed by atoms with van der Waals surface area (Å²) in [5, 5.41) is 0. The quantitative estimate of drug-likeness (QED) is 0.807. The van der Waals surface area contributed by atoms with Gasteiger partial charge in [-0.1, -0.05) is 60.7 Å². The van der Waals surface area contributed by atoms with E-state index in [0.29, 0.717) is 13.2 Å². The van der Waals surface area contributed by atoms with Crippen LogP contribution in [0.1, 0.15) is 11.1 Å². The summed E-state index contributed by atoms with van der Waals surface area (Å²) in [7, 11) is 0. The maximum absolute atomic E-state index is 8.50. The van der Waals surface area contributed by atoms with E-state index in [1.54, 1.807) is 0 Å². The first-order valence-electron chi connectivity index (χ1n) is 5.51. The van der Waals surface area contributed by atoms with Gasteiger partial charge in [0.05, 0.1) is 13.2 Å². The molecule has 92 valence electrons. The summed E-state index contributed by atoms with van der Waals surface area (Å²) >= 11 is -2.00. The Bertz CT molecular complexity index is 425. The molecule has 18 heavy (non-hydrogen) atoms. The second-order valence-corrected chi connectivity index (χ2v) is 3.81. The first kappa shape index (κ1) is 14.8. The van der Waals surface area contributed by atoms with Crippen molar-refractivity contribution in [1.82, 2.24) is 0 Å². The number of hydrogen-bond donors (Lipinski definition) is 0. The molecule has 3 nitrogen and oxygen atoms in total. The van der Waals surface area contributed by atoms with Crippen molar-refractivity contribution in [3.8, 4) is 0 Å². The Balaban J connectivity index is 0.000000492. The van der Waals surface area contributed by atoms with Crippen molar-refractivity contribution in [1.29, 1.82) is 0 Å². The molecular weight excluding hydrogens is 264 g/mol. The Labute approximate surface area is 115 Å². The zero-order valence-corrected chi connectivity index (χ0v) is 11.5. The van der Waals surface area contributed by atoms with Crippen LogP contribution < -0.4 is 0 Å². The fourth-order valence-electron chi connectivity index (χ4n) is 1.44. The molecule has 0 aliphatic carbocycles. The molecule has 0 N–H and O–H groups in total. The molecule has 0 bridgehead atoms. The second-order valence-electron chi connectivity index (χ2n) is 3.55. The van der Waals surface area contributed by atoms with Crippen molar-refractivity contribution >= 4 is 0 Å². The van der Waals surface area contributed by atoms with Crippen LogP contribution >= 0.6 is 0 Å². The molecule has 0 saturated carbocycles. The first-order valence-corrected chi connectivity index (χ1v) is 6.79. The molecule has 0 spiro atoms. The zero-order chi connectivity index (χ0) is 13.1. The van der Waals surface area contributed by atoms with Crippen molar-refractivity contribution in [3.63, 3.8) is 0 Å². The van der Waals surface area contributed by atoms with Crippen LogP contribution in [-0.4, -0.2) is 0 Å². The smallest absolute Gasteiger partial charge is 0.0721 e. The minimum absolute atomic E-state index is 0.676. The van der Waals surface area contributed by atoms with Gasteiger partial charge in [-0.2, -0.15) is 0 Å². The van der Waals surface area contributed by atoms with E-state index in [0.717, 1.165) is 0 Å². The van der Waals surface area contributed by atoms with Crippen LogP contribution in [0.3, 0.4) is 0 Å². The van der Waals surface area contributed by atoms with Gasteiger partial charge in [-0.05, 0) is 11.1 Å². The summed E-state index contributed by atoms with van der Waals surface area (Å²) in [5.74, 6) is 0. The van der Waals surface area contributed by atoms with Crippen LogP contribution in [0, 0.1) is 0 Å². The first-order chi connectivity index (χ1) is 8.86. The molecule has 0 aliphatic heterocycles. The number of hydrogen-bond acceptors (Lipinski definition) is 3. The Morgan fingerprint density at radius 1 is 0.722 bits per heavy atom. The standard InChI is InChI=1S/C14H14O.2O.Ti/c1-3-7-13(8-4-1)11-15-12-14-9-5-2-6-10-14;;;/h1-10H,11-12H2;;;. The fourth-order valence-corrected chi connectivity index (χ4v) is 1.44. The van der Waals surface area contributed by atoms with Crippen molar-refractivity contribution in [3.05, 3.63) is 71.8 Å². The average Bonchev–Trinajstić information content (AvgIpc) is 2.42. The minimum Gasteiger partial charge on any atom is -0.372 e. The van der Waals surface area contributed by atoms with Crippen LogP contribution in [0.15, 0.2) is 60.7 Å². The van der Waals surface area contributed by atoms with Gasteiger partial charge >= 0.3 is 25.7 Å². The molecule has 0 amide bonds. The van der Waals surface area contributed by atoms with E-state index in [4.69, 9.17) is 11.4 Å². The van der Waals surface area contributed by atoms with E-state index in [9.17, 15) is 0 Å². The summed E-state index contributed by atoms with van der Waals surface area (Å²) in [6.45, 7) is 1.35. The summed E-state index contributed by atoms with van der Waals surface area (Å²) < 4.78 is 22.6.